The standard InChI is InChI=1S/C28H22F2O/c1-2-3-18-31-25-14-11-23(12-15-25)22-9-6-20(7-10-22)4-5-21-8-16-26-24(19-21)13-17-27(29)28(26)30/h6-17,19H,2-3,18H2,1H3. The molecule has 154 valence electrons. The van der Waals surface area contributed by atoms with Gasteiger partial charge in [-0.1, -0.05) is 61.6 Å². The average molecular weight is 412 g/mol. The predicted octanol–water partition coefficient (Wildman–Crippen LogP) is 7.36. The van der Waals surface area contributed by atoms with Crippen molar-refractivity contribution in [2.45, 2.75) is 19.8 Å². The first kappa shape index (κ1) is 20.6. The molecule has 4 aromatic rings. The molecule has 0 fully saturated rings. The molecule has 0 bridgehead atoms. The van der Waals surface area contributed by atoms with Gasteiger partial charge in [0.1, 0.15) is 5.75 Å². The summed E-state index contributed by atoms with van der Waals surface area (Å²) in [7, 11) is 0. The number of unbranched alkanes of at least 4 members (excludes halogenated alkanes) is 1. The molecule has 0 saturated heterocycles. The minimum Gasteiger partial charge on any atom is -0.494 e. The van der Waals surface area contributed by atoms with Gasteiger partial charge in [0.25, 0.3) is 0 Å². The molecule has 0 spiro atoms. The van der Waals surface area contributed by atoms with Crippen molar-refractivity contribution < 1.29 is 13.5 Å². The molecule has 0 aromatic heterocycles. The van der Waals surface area contributed by atoms with Crippen molar-refractivity contribution in [1.29, 1.82) is 0 Å². The summed E-state index contributed by atoms with van der Waals surface area (Å²) in [5, 5.41) is 0.889. The van der Waals surface area contributed by atoms with E-state index in [2.05, 4.69) is 30.9 Å². The molecule has 0 N–H and O–H groups in total. The molecular weight excluding hydrogens is 390 g/mol. The van der Waals surface area contributed by atoms with Crippen LogP contribution in [-0.4, -0.2) is 6.61 Å². The number of benzene rings is 4. The smallest absolute Gasteiger partial charge is 0.166 e. The first-order valence-corrected chi connectivity index (χ1v) is 10.4. The van der Waals surface area contributed by atoms with Gasteiger partial charge in [-0.2, -0.15) is 0 Å². The lowest BCUT2D eigenvalue weighted by Crippen LogP contribution is -1.95. The van der Waals surface area contributed by atoms with Crippen LogP contribution < -0.4 is 4.74 Å². The van der Waals surface area contributed by atoms with Gasteiger partial charge in [-0.05, 0) is 65.4 Å². The van der Waals surface area contributed by atoms with Crippen LogP contribution in [-0.2, 0) is 0 Å². The molecule has 0 unspecified atom stereocenters. The molecule has 0 radical (unpaired) electrons. The summed E-state index contributed by atoms with van der Waals surface area (Å²) in [6.07, 6.45) is 2.17. The van der Waals surface area contributed by atoms with Gasteiger partial charge in [-0.15, -0.1) is 0 Å². The zero-order chi connectivity index (χ0) is 21.6. The fraction of sp³-hybridized carbons (Fsp3) is 0.143. The van der Waals surface area contributed by atoms with Gasteiger partial charge >= 0.3 is 0 Å². The number of fused-ring (bicyclic) bond motifs is 1. The van der Waals surface area contributed by atoms with Crippen molar-refractivity contribution >= 4 is 10.8 Å². The average Bonchev–Trinajstić information content (AvgIpc) is 2.81. The molecule has 0 aliphatic heterocycles. The highest BCUT2D eigenvalue weighted by Gasteiger charge is 2.06. The molecule has 0 saturated carbocycles. The third kappa shape index (κ3) is 4.92. The second-order valence-electron chi connectivity index (χ2n) is 7.35. The van der Waals surface area contributed by atoms with Gasteiger partial charge in [-0.3, -0.25) is 0 Å². The number of ether oxygens (including phenoxy) is 1. The van der Waals surface area contributed by atoms with Crippen LogP contribution in [0.2, 0.25) is 0 Å². The van der Waals surface area contributed by atoms with Gasteiger partial charge in [0.2, 0.25) is 0 Å². The minimum absolute atomic E-state index is 0.261. The van der Waals surface area contributed by atoms with E-state index in [9.17, 15) is 8.78 Å². The zero-order valence-corrected chi connectivity index (χ0v) is 17.3. The van der Waals surface area contributed by atoms with E-state index in [4.69, 9.17) is 4.74 Å². The molecule has 4 rings (SSSR count). The Bertz CT molecular complexity index is 1250. The largest absolute Gasteiger partial charge is 0.494 e. The summed E-state index contributed by atoms with van der Waals surface area (Å²) >= 11 is 0. The first-order chi connectivity index (χ1) is 15.1. The quantitative estimate of drug-likeness (QED) is 0.246. The molecule has 0 aliphatic rings. The van der Waals surface area contributed by atoms with E-state index in [-0.39, 0.29) is 5.39 Å². The molecule has 0 heterocycles. The molecule has 0 atom stereocenters. The maximum absolute atomic E-state index is 13.8. The predicted molar refractivity (Wildman–Crippen MR) is 122 cm³/mol. The van der Waals surface area contributed by atoms with E-state index in [1.54, 1.807) is 24.3 Å². The lowest BCUT2D eigenvalue weighted by molar-refractivity contribution is 0.309. The van der Waals surface area contributed by atoms with Crippen molar-refractivity contribution in [3.8, 4) is 28.7 Å². The number of rotatable bonds is 5. The summed E-state index contributed by atoms with van der Waals surface area (Å²) in [5.41, 5.74) is 3.86. The van der Waals surface area contributed by atoms with Crippen LogP contribution in [0.5, 0.6) is 5.75 Å². The Hall–Kier alpha value is -3.64. The van der Waals surface area contributed by atoms with Gasteiger partial charge < -0.3 is 4.74 Å². The van der Waals surface area contributed by atoms with Crippen LogP contribution in [0.15, 0.2) is 78.9 Å². The van der Waals surface area contributed by atoms with Gasteiger partial charge in [0.15, 0.2) is 11.6 Å². The number of hydrogen-bond acceptors (Lipinski definition) is 1. The molecule has 31 heavy (non-hydrogen) atoms. The Morgan fingerprint density at radius 2 is 1.39 bits per heavy atom. The van der Waals surface area contributed by atoms with Gasteiger partial charge in [0, 0.05) is 16.5 Å². The van der Waals surface area contributed by atoms with Crippen molar-refractivity contribution in [2.24, 2.45) is 0 Å². The fourth-order valence-corrected chi connectivity index (χ4v) is 3.31. The first-order valence-electron chi connectivity index (χ1n) is 10.4. The van der Waals surface area contributed by atoms with E-state index in [0.29, 0.717) is 5.39 Å². The topological polar surface area (TPSA) is 9.23 Å². The Labute approximate surface area is 181 Å². The highest BCUT2D eigenvalue weighted by atomic mass is 19.2. The third-order valence-electron chi connectivity index (χ3n) is 5.10. The van der Waals surface area contributed by atoms with Crippen LogP contribution in [0.4, 0.5) is 8.78 Å². The number of halogens is 2. The van der Waals surface area contributed by atoms with E-state index < -0.39 is 11.6 Å². The summed E-state index contributed by atoms with van der Waals surface area (Å²) in [4.78, 5) is 0. The maximum Gasteiger partial charge on any atom is 0.166 e. The van der Waals surface area contributed by atoms with Gasteiger partial charge in [-0.25, -0.2) is 8.78 Å². The molecule has 0 aliphatic carbocycles. The summed E-state index contributed by atoms with van der Waals surface area (Å²) in [5.74, 6) is 5.44. The normalized spacial score (nSPS) is 10.5. The monoisotopic (exact) mass is 412 g/mol. The van der Waals surface area contributed by atoms with E-state index in [1.165, 1.54) is 0 Å². The Kier molecular flexibility index (Phi) is 6.29. The number of hydrogen-bond donors (Lipinski definition) is 0. The van der Waals surface area contributed by atoms with E-state index in [0.717, 1.165) is 53.5 Å². The molecule has 3 heteroatoms. The van der Waals surface area contributed by atoms with E-state index in [1.807, 2.05) is 36.4 Å². The molecule has 4 aromatic carbocycles. The lowest BCUT2D eigenvalue weighted by Gasteiger charge is -2.07. The minimum atomic E-state index is -0.843. The van der Waals surface area contributed by atoms with Crippen LogP contribution in [0, 0.1) is 23.5 Å². The Morgan fingerprint density at radius 3 is 2.10 bits per heavy atom. The van der Waals surface area contributed by atoms with Crippen molar-refractivity contribution in [3.05, 3.63) is 102 Å². The summed E-state index contributed by atoms with van der Waals surface area (Å²) in [6.45, 7) is 2.89. The Balaban J connectivity index is 1.47. The van der Waals surface area contributed by atoms with Crippen LogP contribution in [0.3, 0.4) is 0 Å². The molecule has 1 nitrogen and oxygen atoms in total. The zero-order valence-electron chi connectivity index (χ0n) is 17.3. The highest BCUT2D eigenvalue weighted by Crippen LogP contribution is 2.24. The van der Waals surface area contributed by atoms with E-state index >= 15 is 0 Å². The third-order valence-corrected chi connectivity index (χ3v) is 5.10. The lowest BCUT2D eigenvalue weighted by atomic mass is 10.0. The van der Waals surface area contributed by atoms with Crippen LogP contribution in [0.1, 0.15) is 30.9 Å². The van der Waals surface area contributed by atoms with Crippen LogP contribution >= 0.6 is 0 Å². The van der Waals surface area contributed by atoms with Crippen LogP contribution in [0.25, 0.3) is 21.9 Å². The van der Waals surface area contributed by atoms with Crippen molar-refractivity contribution in [2.75, 3.05) is 6.61 Å². The summed E-state index contributed by atoms with van der Waals surface area (Å²) < 4.78 is 32.9. The summed E-state index contributed by atoms with van der Waals surface area (Å²) in [6, 6.07) is 23.9. The second kappa shape index (κ2) is 9.45. The highest BCUT2D eigenvalue weighted by molar-refractivity contribution is 5.84. The molecule has 0 amide bonds. The molecular formula is C28H22F2O. The second-order valence-corrected chi connectivity index (χ2v) is 7.35. The fourth-order valence-electron chi connectivity index (χ4n) is 3.31. The SMILES string of the molecule is CCCCOc1ccc(-c2ccc(C#Cc3ccc4c(F)c(F)ccc4c3)cc2)cc1. The van der Waals surface area contributed by atoms with Gasteiger partial charge in [0.05, 0.1) is 6.61 Å². The maximum atomic E-state index is 13.8. The van der Waals surface area contributed by atoms with Crippen molar-refractivity contribution in [1.82, 2.24) is 0 Å². The van der Waals surface area contributed by atoms with Crippen molar-refractivity contribution in [3.63, 3.8) is 0 Å². The Morgan fingerprint density at radius 1 is 0.742 bits per heavy atom.